The first-order valence-corrected chi connectivity index (χ1v) is 8.65. The van der Waals surface area contributed by atoms with Gasteiger partial charge in [-0.3, -0.25) is 4.79 Å². The van der Waals surface area contributed by atoms with Gasteiger partial charge in [0.25, 0.3) is 5.91 Å². The van der Waals surface area contributed by atoms with E-state index in [1.54, 1.807) is 12.1 Å². The first kappa shape index (κ1) is 19.5. The van der Waals surface area contributed by atoms with Gasteiger partial charge in [-0.1, -0.05) is 25.1 Å². The van der Waals surface area contributed by atoms with E-state index in [1.165, 1.54) is 19.2 Å². The van der Waals surface area contributed by atoms with Crippen LogP contribution in [-0.2, 0) is 6.42 Å². The number of aromatic carboxylic acids is 1. The monoisotopic (exact) mass is 360 g/mol. The summed E-state index contributed by atoms with van der Waals surface area (Å²) in [5.74, 6) is -0.371. The molecule has 1 aromatic heterocycles. The van der Waals surface area contributed by atoms with E-state index in [4.69, 9.17) is 14.4 Å². The van der Waals surface area contributed by atoms with Crippen LogP contribution in [-0.4, -0.2) is 35.8 Å². The summed E-state index contributed by atoms with van der Waals surface area (Å²) in [7, 11) is 1.48. The molecule has 26 heavy (non-hydrogen) atoms. The Kier molecular flexibility index (Phi) is 6.77. The Labute approximate surface area is 152 Å². The van der Waals surface area contributed by atoms with Gasteiger partial charge in [-0.2, -0.15) is 0 Å². The standard InChI is InChI=1S/C19H24N2O5/c1-4-12(5-2)15-11-17(26-21-15)18(22)20-9-8-13-6-7-14(19(23)24)10-16(13)25-3/h6-7,10-12H,4-5,8-9H2,1-3H3,(H,20,22)(H,23,24). The molecule has 2 rings (SSSR count). The number of methoxy groups -OCH3 is 1. The second-order valence-electron chi connectivity index (χ2n) is 5.97. The van der Waals surface area contributed by atoms with Crippen molar-refractivity contribution in [3.8, 4) is 5.75 Å². The van der Waals surface area contributed by atoms with Crippen LogP contribution in [0.25, 0.3) is 0 Å². The molecule has 0 bridgehead atoms. The number of rotatable bonds is 9. The number of aromatic nitrogens is 1. The fourth-order valence-electron chi connectivity index (χ4n) is 2.78. The third-order valence-corrected chi connectivity index (χ3v) is 4.37. The van der Waals surface area contributed by atoms with Crippen molar-refractivity contribution in [3.63, 3.8) is 0 Å². The minimum atomic E-state index is -1.01. The van der Waals surface area contributed by atoms with E-state index in [1.807, 2.05) is 0 Å². The van der Waals surface area contributed by atoms with Crippen molar-refractivity contribution in [2.45, 2.75) is 39.0 Å². The number of hydrogen-bond acceptors (Lipinski definition) is 5. The Morgan fingerprint density at radius 2 is 2.00 bits per heavy atom. The van der Waals surface area contributed by atoms with Crippen molar-refractivity contribution in [1.29, 1.82) is 0 Å². The molecule has 7 nitrogen and oxygen atoms in total. The molecule has 2 N–H and O–H groups in total. The van der Waals surface area contributed by atoms with Gasteiger partial charge in [0.15, 0.2) is 0 Å². The summed E-state index contributed by atoms with van der Waals surface area (Å²) >= 11 is 0. The fourth-order valence-corrected chi connectivity index (χ4v) is 2.78. The van der Waals surface area contributed by atoms with Gasteiger partial charge in [0.05, 0.1) is 18.4 Å². The number of carbonyl (C=O) groups is 2. The molecule has 0 aliphatic heterocycles. The second kappa shape index (κ2) is 9.03. The number of nitrogens with zero attached hydrogens (tertiary/aromatic N) is 1. The van der Waals surface area contributed by atoms with Crippen molar-refractivity contribution >= 4 is 11.9 Å². The molecule has 0 saturated carbocycles. The molecular formula is C19H24N2O5. The van der Waals surface area contributed by atoms with E-state index in [0.717, 1.165) is 24.1 Å². The van der Waals surface area contributed by atoms with Gasteiger partial charge in [0.1, 0.15) is 5.75 Å². The van der Waals surface area contributed by atoms with E-state index in [9.17, 15) is 9.59 Å². The Hall–Kier alpha value is -2.83. The highest BCUT2D eigenvalue weighted by Crippen LogP contribution is 2.23. The van der Waals surface area contributed by atoms with Crippen molar-refractivity contribution in [1.82, 2.24) is 10.5 Å². The van der Waals surface area contributed by atoms with E-state index in [0.29, 0.717) is 18.7 Å². The van der Waals surface area contributed by atoms with Crippen molar-refractivity contribution in [2.75, 3.05) is 13.7 Å². The molecule has 0 unspecified atom stereocenters. The lowest BCUT2D eigenvalue weighted by Gasteiger charge is -2.09. The maximum Gasteiger partial charge on any atom is 0.335 e. The number of benzene rings is 1. The second-order valence-corrected chi connectivity index (χ2v) is 5.97. The lowest BCUT2D eigenvalue weighted by Crippen LogP contribution is -2.25. The zero-order chi connectivity index (χ0) is 19.1. The highest BCUT2D eigenvalue weighted by molar-refractivity contribution is 5.91. The van der Waals surface area contributed by atoms with Crippen molar-refractivity contribution in [2.24, 2.45) is 0 Å². The van der Waals surface area contributed by atoms with Gasteiger partial charge < -0.3 is 19.7 Å². The molecule has 0 radical (unpaired) electrons. The highest BCUT2D eigenvalue weighted by Gasteiger charge is 2.17. The fraction of sp³-hybridized carbons (Fsp3) is 0.421. The predicted molar refractivity (Wildman–Crippen MR) is 95.8 cm³/mol. The largest absolute Gasteiger partial charge is 0.496 e. The SMILES string of the molecule is CCC(CC)c1cc(C(=O)NCCc2ccc(C(=O)O)cc2OC)on1. The Morgan fingerprint density at radius 1 is 1.27 bits per heavy atom. The summed E-state index contributed by atoms with van der Waals surface area (Å²) in [6.45, 7) is 4.51. The number of nitrogens with one attached hydrogen (secondary N) is 1. The van der Waals surface area contributed by atoms with Crippen molar-refractivity contribution < 1.29 is 24.0 Å². The molecule has 7 heteroatoms. The van der Waals surface area contributed by atoms with Crippen LogP contribution in [0.4, 0.5) is 0 Å². The summed E-state index contributed by atoms with van der Waals surface area (Å²) in [6.07, 6.45) is 2.38. The van der Waals surface area contributed by atoms with E-state index in [-0.39, 0.29) is 23.1 Å². The smallest absolute Gasteiger partial charge is 0.335 e. The average Bonchev–Trinajstić information content (AvgIpc) is 3.12. The number of amides is 1. The Bertz CT molecular complexity index is 765. The lowest BCUT2D eigenvalue weighted by atomic mass is 9.99. The van der Waals surface area contributed by atoms with Gasteiger partial charge in [-0.15, -0.1) is 0 Å². The lowest BCUT2D eigenvalue weighted by molar-refractivity contribution is 0.0696. The normalized spacial score (nSPS) is 10.8. The molecule has 0 aliphatic carbocycles. The molecule has 1 aromatic carbocycles. The van der Waals surface area contributed by atoms with E-state index in [2.05, 4.69) is 24.3 Å². The first-order valence-electron chi connectivity index (χ1n) is 8.65. The molecule has 2 aromatic rings. The van der Waals surface area contributed by atoms with Crippen LogP contribution in [0.2, 0.25) is 0 Å². The molecule has 0 spiro atoms. The van der Waals surface area contributed by atoms with Crippen LogP contribution in [0.5, 0.6) is 5.75 Å². The van der Waals surface area contributed by atoms with E-state index >= 15 is 0 Å². The molecule has 1 heterocycles. The third kappa shape index (κ3) is 4.62. The predicted octanol–water partition coefficient (Wildman–Crippen LogP) is 3.26. The zero-order valence-electron chi connectivity index (χ0n) is 15.2. The molecule has 1 amide bonds. The Morgan fingerprint density at radius 3 is 2.62 bits per heavy atom. The van der Waals surface area contributed by atoms with Crippen LogP contribution in [0.15, 0.2) is 28.8 Å². The number of hydrogen-bond donors (Lipinski definition) is 2. The minimum Gasteiger partial charge on any atom is -0.496 e. The average molecular weight is 360 g/mol. The maximum atomic E-state index is 12.2. The topological polar surface area (TPSA) is 102 Å². The first-order chi connectivity index (χ1) is 12.5. The molecule has 0 aliphatic rings. The molecule has 0 atom stereocenters. The van der Waals surface area contributed by atoms with Crippen LogP contribution in [0.1, 0.15) is 64.8 Å². The number of ether oxygens (including phenoxy) is 1. The molecular weight excluding hydrogens is 336 g/mol. The summed E-state index contributed by atoms with van der Waals surface area (Å²) in [5, 5.41) is 15.8. The highest BCUT2D eigenvalue weighted by atomic mass is 16.5. The van der Waals surface area contributed by atoms with Crippen LogP contribution in [0, 0.1) is 0 Å². The summed E-state index contributed by atoms with van der Waals surface area (Å²) in [5.41, 5.74) is 1.77. The summed E-state index contributed by atoms with van der Waals surface area (Å²) < 4.78 is 10.4. The van der Waals surface area contributed by atoms with Crippen LogP contribution < -0.4 is 10.1 Å². The van der Waals surface area contributed by atoms with Crippen LogP contribution >= 0.6 is 0 Å². The third-order valence-electron chi connectivity index (χ3n) is 4.37. The van der Waals surface area contributed by atoms with Gasteiger partial charge in [-0.05, 0) is 37.0 Å². The number of carboxylic acids is 1. The van der Waals surface area contributed by atoms with Gasteiger partial charge in [-0.25, -0.2) is 4.79 Å². The minimum absolute atomic E-state index is 0.158. The van der Waals surface area contributed by atoms with Crippen molar-refractivity contribution in [3.05, 3.63) is 46.8 Å². The van der Waals surface area contributed by atoms with Gasteiger partial charge in [0.2, 0.25) is 5.76 Å². The van der Waals surface area contributed by atoms with Gasteiger partial charge in [0, 0.05) is 18.5 Å². The summed E-state index contributed by atoms with van der Waals surface area (Å²) in [6, 6.07) is 6.36. The van der Waals surface area contributed by atoms with Gasteiger partial charge >= 0.3 is 5.97 Å². The quantitative estimate of drug-likeness (QED) is 0.712. The van der Waals surface area contributed by atoms with E-state index < -0.39 is 5.97 Å². The zero-order valence-corrected chi connectivity index (χ0v) is 15.2. The molecule has 0 fully saturated rings. The molecule has 140 valence electrons. The Balaban J connectivity index is 1.95. The van der Waals surface area contributed by atoms with Crippen LogP contribution in [0.3, 0.4) is 0 Å². The maximum absolute atomic E-state index is 12.2. The number of carbonyl (C=O) groups excluding carboxylic acids is 1. The number of carboxylic acid groups (broad SMARTS) is 1. The summed E-state index contributed by atoms with van der Waals surface area (Å²) in [4.78, 5) is 23.2. The molecule has 0 saturated heterocycles.